The Morgan fingerprint density at radius 3 is 2.54 bits per heavy atom. The van der Waals surface area contributed by atoms with Crippen molar-refractivity contribution in [3.63, 3.8) is 0 Å². The van der Waals surface area contributed by atoms with Crippen LogP contribution < -0.4 is 4.52 Å². The van der Waals surface area contributed by atoms with Crippen molar-refractivity contribution in [2.75, 3.05) is 20.6 Å². The van der Waals surface area contributed by atoms with Gasteiger partial charge in [-0.3, -0.25) is 9.79 Å². The predicted octanol–water partition coefficient (Wildman–Crippen LogP) is 3.40. The van der Waals surface area contributed by atoms with Crippen LogP contribution >= 0.6 is 7.82 Å². The molecule has 136 valence electrons. The summed E-state index contributed by atoms with van der Waals surface area (Å²) >= 11 is 0. The number of aryl methyl sites for hydroxylation is 1. The van der Waals surface area contributed by atoms with E-state index < -0.39 is 13.6 Å². The normalized spacial score (nSPS) is 11.8. The molecule has 0 amide bonds. The summed E-state index contributed by atoms with van der Waals surface area (Å²) in [6.45, 7) is 3.34. The molecular formula is C16H26FN2O4P. The largest absolute Gasteiger partial charge is 0.524 e. The average molecular weight is 360 g/mol. The van der Waals surface area contributed by atoms with Gasteiger partial charge in [-0.15, -0.1) is 0 Å². The van der Waals surface area contributed by atoms with Crippen LogP contribution in [-0.4, -0.2) is 39.9 Å². The van der Waals surface area contributed by atoms with E-state index in [1.165, 1.54) is 12.1 Å². The van der Waals surface area contributed by atoms with E-state index in [-0.39, 0.29) is 13.2 Å². The third kappa shape index (κ3) is 4.80. The number of nitrogens with zero attached hydrogens (tertiary/aromatic N) is 2. The molecule has 0 unspecified atom stereocenters. The molecule has 0 atom stereocenters. The zero-order chi connectivity index (χ0) is 17.2. The molecule has 2 aromatic rings. The van der Waals surface area contributed by atoms with Gasteiger partial charge < -0.3 is 14.0 Å². The molecule has 8 heteroatoms. The lowest BCUT2D eigenvalue weighted by Crippen LogP contribution is -2.15. The molecule has 1 aromatic carbocycles. The van der Waals surface area contributed by atoms with Crippen LogP contribution in [0, 0.1) is 5.82 Å². The quantitative estimate of drug-likeness (QED) is 0.740. The number of phosphoric ester groups is 1. The van der Waals surface area contributed by atoms with Gasteiger partial charge in [-0.1, -0.05) is 14.4 Å². The lowest BCUT2D eigenvalue weighted by Gasteiger charge is -2.12. The summed E-state index contributed by atoms with van der Waals surface area (Å²) in [4.78, 5) is 20.2. The summed E-state index contributed by atoms with van der Waals surface area (Å²) < 4.78 is 32.1. The Kier molecular flexibility index (Phi) is 6.98. The Hall–Kier alpha value is -1.40. The highest BCUT2D eigenvalue weighted by molar-refractivity contribution is 7.46. The highest BCUT2D eigenvalue weighted by atomic mass is 31.2. The molecule has 0 fully saturated rings. The van der Waals surface area contributed by atoms with Gasteiger partial charge in [0.25, 0.3) is 0 Å². The Morgan fingerprint density at radius 2 is 2.00 bits per heavy atom. The van der Waals surface area contributed by atoms with E-state index in [4.69, 9.17) is 14.3 Å². The molecule has 0 spiro atoms. The minimum atomic E-state index is -4.71. The fraction of sp³-hybridized carbons (Fsp3) is 0.500. The van der Waals surface area contributed by atoms with E-state index >= 15 is 0 Å². The van der Waals surface area contributed by atoms with E-state index in [1.807, 2.05) is 32.1 Å². The summed E-state index contributed by atoms with van der Waals surface area (Å²) in [5.41, 5.74) is 1.14. The second-order valence-electron chi connectivity index (χ2n) is 5.75. The maximum Gasteiger partial charge on any atom is 0.524 e. The SMILES string of the molecule is C.CCCn1cc(CCN(C)C)c2c(OP(=O)(O)O)ccc(F)c21. The Labute approximate surface area is 142 Å². The zero-order valence-electron chi connectivity index (χ0n) is 13.5. The number of phosphoric acid groups is 1. The molecule has 6 nitrogen and oxygen atoms in total. The maximum absolute atomic E-state index is 14.3. The highest BCUT2D eigenvalue weighted by Crippen LogP contribution is 2.43. The van der Waals surface area contributed by atoms with Gasteiger partial charge in [0.05, 0.1) is 5.52 Å². The standard InChI is InChI=1S/C15H22FN2O4P.CH4/c1-4-8-18-10-11(7-9-17(2)3)14-13(22-23(19,20)21)6-5-12(16)15(14)18;/h5-6,10H,4,7-9H2,1-3H3,(H2,19,20,21);1H4. The Bertz CT molecular complexity index is 739. The fourth-order valence-electron chi connectivity index (χ4n) is 2.61. The molecule has 2 rings (SSSR count). The van der Waals surface area contributed by atoms with E-state index in [9.17, 15) is 8.96 Å². The summed E-state index contributed by atoms with van der Waals surface area (Å²) in [5, 5.41) is 0.434. The van der Waals surface area contributed by atoms with E-state index in [2.05, 4.69) is 0 Å². The van der Waals surface area contributed by atoms with Crippen LogP contribution in [0.3, 0.4) is 0 Å². The van der Waals surface area contributed by atoms with Gasteiger partial charge in [0.2, 0.25) is 0 Å². The molecule has 1 heterocycles. The molecule has 0 aliphatic carbocycles. The van der Waals surface area contributed by atoms with Crippen molar-refractivity contribution in [3.05, 3.63) is 29.7 Å². The monoisotopic (exact) mass is 360 g/mol. The first-order chi connectivity index (χ1) is 10.7. The van der Waals surface area contributed by atoms with Gasteiger partial charge in [-0.25, -0.2) is 8.96 Å². The first kappa shape index (κ1) is 20.6. The molecule has 0 saturated heterocycles. The fourth-order valence-corrected chi connectivity index (χ4v) is 3.02. The van der Waals surface area contributed by atoms with Crippen LogP contribution in [0.2, 0.25) is 0 Å². The van der Waals surface area contributed by atoms with Crippen molar-refractivity contribution in [2.45, 2.75) is 33.7 Å². The second-order valence-corrected chi connectivity index (χ2v) is 6.92. The lowest BCUT2D eigenvalue weighted by molar-refractivity contribution is 0.284. The van der Waals surface area contributed by atoms with Crippen molar-refractivity contribution >= 4 is 18.7 Å². The average Bonchev–Trinajstić information content (AvgIpc) is 2.79. The Balaban J connectivity index is 0.00000288. The third-order valence-electron chi connectivity index (χ3n) is 3.52. The third-order valence-corrected chi connectivity index (χ3v) is 3.96. The number of likely N-dealkylation sites (N-methyl/N-ethyl adjacent to an activating group) is 1. The number of hydrogen-bond donors (Lipinski definition) is 2. The molecule has 24 heavy (non-hydrogen) atoms. The number of fused-ring (bicyclic) bond motifs is 1. The van der Waals surface area contributed by atoms with Crippen LogP contribution in [0.15, 0.2) is 18.3 Å². The molecule has 0 aliphatic rings. The number of rotatable bonds is 7. The molecule has 1 aromatic heterocycles. The van der Waals surface area contributed by atoms with Crippen molar-refractivity contribution in [2.24, 2.45) is 0 Å². The smallest absolute Gasteiger partial charge is 0.404 e. The first-order valence-electron chi connectivity index (χ1n) is 7.43. The topological polar surface area (TPSA) is 74.9 Å². The van der Waals surface area contributed by atoms with Gasteiger partial charge in [0, 0.05) is 24.7 Å². The zero-order valence-corrected chi connectivity index (χ0v) is 14.4. The Morgan fingerprint density at radius 1 is 1.33 bits per heavy atom. The number of aromatic nitrogens is 1. The summed E-state index contributed by atoms with van der Waals surface area (Å²) in [5.74, 6) is -0.416. The number of benzene rings is 1. The van der Waals surface area contributed by atoms with Gasteiger partial charge in [0.1, 0.15) is 11.6 Å². The molecule has 0 bridgehead atoms. The summed E-state index contributed by atoms with van der Waals surface area (Å²) in [7, 11) is -0.854. The minimum absolute atomic E-state index is 0. The minimum Gasteiger partial charge on any atom is -0.404 e. The molecular weight excluding hydrogens is 334 g/mol. The molecule has 0 saturated carbocycles. The maximum atomic E-state index is 14.3. The van der Waals surface area contributed by atoms with Crippen LogP contribution in [0.25, 0.3) is 10.9 Å². The number of halogens is 1. The van der Waals surface area contributed by atoms with Crippen molar-refractivity contribution < 1.29 is 23.3 Å². The van der Waals surface area contributed by atoms with Crippen molar-refractivity contribution in [3.8, 4) is 5.75 Å². The van der Waals surface area contributed by atoms with Crippen LogP contribution in [0.5, 0.6) is 5.75 Å². The molecule has 2 N–H and O–H groups in total. The highest BCUT2D eigenvalue weighted by Gasteiger charge is 2.22. The van der Waals surface area contributed by atoms with Crippen molar-refractivity contribution in [1.82, 2.24) is 9.47 Å². The molecule has 0 radical (unpaired) electrons. The van der Waals surface area contributed by atoms with E-state index in [0.29, 0.717) is 23.9 Å². The van der Waals surface area contributed by atoms with Crippen molar-refractivity contribution in [1.29, 1.82) is 0 Å². The van der Waals surface area contributed by atoms with Crippen LogP contribution in [0.4, 0.5) is 4.39 Å². The summed E-state index contributed by atoms with van der Waals surface area (Å²) in [6.07, 6.45) is 3.29. The predicted molar refractivity (Wildman–Crippen MR) is 93.8 cm³/mol. The molecule has 0 aliphatic heterocycles. The summed E-state index contributed by atoms with van der Waals surface area (Å²) in [6, 6.07) is 2.45. The number of hydrogen-bond acceptors (Lipinski definition) is 3. The van der Waals surface area contributed by atoms with Gasteiger partial charge in [0.15, 0.2) is 0 Å². The van der Waals surface area contributed by atoms with Gasteiger partial charge in [-0.05, 0) is 44.6 Å². The van der Waals surface area contributed by atoms with Gasteiger partial charge >= 0.3 is 7.82 Å². The van der Waals surface area contributed by atoms with E-state index in [1.54, 1.807) is 4.57 Å². The van der Waals surface area contributed by atoms with Crippen LogP contribution in [0.1, 0.15) is 26.3 Å². The lowest BCUT2D eigenvalue weighted by atomic mass is 10.1. The second kappa shape index (κ2) is 8.12. The van der Waals surface area contributed by atoms with Crippen LogP contribution in [-0.2, 0) is 17.5 Å². The van der Waals surface area contributed by atoms with Gasteiger partial charge in [-0.2, -0.15) is 0 Å². The van der Waals surface area contributed by atoms with E-state index in [0.717, 1.165) is 18.5 Å². The first-order valence-corrected chi connectivity index (χ1v) is 8.96.